The topological polar surface area (TPSA) is 213 Å². The predicted octanol–water partition coefficient (Wildman–Crippen LogP) is 6.28. The van der Waals surface area contributed by atoms with Gasteiger partial charge < -0.3 is 52.5 Å². The van der Waals surface area contributed by atoms with E-state index in [1.165, 1.54) is 7.11 Å². The molecule has 4 aromatic carbocycles. The van der Waals surface area contributed by atoms with Gasteiger partial charge in [-0.05, 0) is 35.4 Å². The molecule has 0 unspecified atom stereocenters. The molecule has 0 spiro atoms. The lowest BCUT2D eigenvalue weighted by Gasteiger charge is -2.49. The fraction of sp³-hybridized carbons (Fsp3) is 0.383. The highest BCUT2D eigenvalue weighted by molar-refractivity contribution is 6.55. The van der Waals surface area contributed by atoms with Gasteiger partial charge in [0.15, 0.2) is 24.6 Å². The van der Waals surface area contributed by atoms with E-state index in [4.69, 9.17) is 93.8 Å². The number of esters is 3. The molecule has 0 radical (unpaired) electrons. The quantitative estimate of drug-likeness (QED) is 0.0369. The Bertz CT molecular complexity index is 2440. The zero-order chi connectivity index (χ0) is 49.5. The summed E-state index contributed by atoms with van der Waals surface area (Å²) >= 11 is 25.5. The molecule has 10 atom stereocenters. The minimum atomic E-state index is -1.87. The van der Waals surface area contributed by atoms with Gasteiger partial charge in [-0.25, -0.2) is 10.4 Å². The monoisotopic (exact) mass is 1030 g/mol. The van der Waals surface area contributed by atoms with E-state index in [0.717, 1.165) is 31.9 Å². The smallest absolute Gasteiger partial charge is 0.303 e. The molecule has 0 aromatic heterocycles. The largest absolute Gasteiger partial charge is 0.497 e. The van der Waals surface area contributed by atoms with Crippen LogP contribution in [0.4, 0.5) is 0 Å². The average Bonchev–Trinajstić information content (AvgIpc) is 3.57. The van der Waals surface area contributed by atoms with E-state index in [-0.39, 0.29) is 63.4 Å². The van der Waals surface area contributed by atoms with Crippen LogP contribution < -0.4 is 14.9 Å². The van der Waals surface area contributed by atoms with Crippen molar-refractivity contribution in [2.75, 3.05) is 20.3 Å². The van der Waals surface area contributed by atoms with Gasteiger partial charge in [0, 0.05) is 20.8 Å². The fourth-order valence-electron chi connectivity index (χ4n) is 7.85. The third-order valence-electron chi connectivity index (χ3n) is 10.9. The summed E-state index contributed by atoms with van der Waals surface area (Å²) < 4.78 is 60.5. The van der Waals surface area contributed by atoms with Crippen molar-refractivity contribution in [2.24, 2.45) is 0 Å². The molecule has 368 valence electrons. The SMILES string of the molecule is COc1ccc(O[C@@H]2O[C@H](COCc3ccccc3)[C@@H](O[C@@H]3O[C@H](COCc4ccccc4)[C@H](OC(C)=O)[C@H](OC(C)=O)[C@H]3OC(C)=O)[C@H](O)[C@H]2NN2C(=O)c3c(Cl)c(Cl)c(Cl)c(Cl)c3C2=O)cc1. The van der Waals surface area contributed by atoms with Gasteiger partial charge in [0.2, 0.25) is 6.29 Å². The van der Waals surface area contributed by atoms with E-state index in [1.54, 1.807) is 24.3 Å². The van der Waals surface area contributed by atoms with Crippen molar-refractivity contribution >= 4 is 76.1 Å². The van der Waals surface area contributed by atoms with Crippen LogP contribution in [0.3, 0.4) is 0 Å². The molecule has 18 nitrogen and oxygen atoms in total. The Kier molecular flexibility index (Phi) is 17.4. The number of carbonyl (C=O) groups excluding carboxylic acids is 5. The second-order valence-corrected chi connectivity index (χ2v) is 17.3. The molecule has 22 heteroatoms. The van der Waals surface area contributed by atoms with E-state index in [2.05, 4.69) is 5.43 Å². The van der Waals surface area contributed by atoms with Gasteiger partial charge in [-0.2, -0.15) is 0 Å². The molecule has 0 saturated carbocycles. The number of aliphatic hydroxyl groups excluding tert-OH is 1. The predicted molar refractivity (Wildman–Crippen MR) is 245 cm³/mol. The molecule has 0 bridgehead atoms. The van der Waals surface area contributed by atoms with E-state index in [9.17, 15) is 29.1 Å². The summed E-state index contributed by atoms with van der Waals surface area (Å²) in [6.07, 6.45) is -14.0. The van der Waals surface area contributed by atoms with Gasteiger partial charge in [-0.15, -0.1) is 0 Å². The second-order valence-electron chi connectivity index (χ2n) is 15.8. The van der Waals surface area contributed by atoms with Crippen molar-refractivity contribution in [3.8, 4) is 11.5 Å². The molecule has 2 amide bonds. The van der Waals surface area contributed by atoms with Gasteiger partial charge in [0.25, 0.3) is 11.8 Å². The highest BCUT2D eigenvalue weighted by Crippen LogP contribution is 2.45. The Morgan fingerprint density at radius 3 is 1.55 bits per heavy atom. The summed E-state index contributed by atoms with van der Waals surface area (Å²) in [6.45, 7) is 2.86. The van der Waals surface area contributed by atoms with Crippen molar-refractivity contribution in [2.45, 2.75) is 95.3 Å². The lowest BCUT2D eigenvalue weighted by Crippen LogP contribution is -2.70. The zero-order valence-electron chi connectivity index (χ0n) is 37.2. The molecule has 69 heavy (non-hydrogen) atoms. The lowest BCUT2D eigenvalue weighted by molar-refractivity contribution is -0.348. The van der Waals surface area contributed by atoms with E-state index in [0.29, 0.717) is 10.8 Å². The van der Waals surface area contributed by atoms with Crippen LogP contribution >= 0.6 is 46.4 Å². The molecule has 7 rings (SSSR count). The number of aliphatic hydroxyl groups is 1. The van der Waals surface area contributed by atoms with Crippen LogP contribution in [0.1, 0.15) is 52.6 Å². The fourth-order valence-corrected chi connectivity index (χ4v) is 8.87. The standard InChI is InChI=1S/C47H46Cl4N2O16/c1-23(54)63-41-31(22-62-20-27-13-9-6-10-14-27)68-47(43(65-25(3)56)42(41)64-24(2)55)69-40-30(21-61-19-26-11-7-5-8-12-26)67-46(66-29-17-15-28(60-4)16-18-29)38(39(40)57)52-53-44(58)32-33(45(53)59)35(49)37(51)36(50)34(32)48/h5-18,30-31,38-43,46-47,52,57H,19-22H2,1-4H3/t30-,31-,38-,39-,40-,41+,42+,43-,46-,47+/m1/s1. The first kappa shape index (κ1) is 51.8. The number of rotatable bonds is 18. The average molecular weight is 1040 g/mol. The summed E-state index contributed by atoms with van der Waals surface area (Å²) in [6, 6.07) is 22.9. The lowest BCUT2D eigenvalue weighted by atomic mass is 9.95. The molecule has 4 aromatic rings. The number of hydrazine groups is 1. The number of methoxy groups -OCH3 is 1. The number of carbonyl (C=O) groups is 5. The maximum atomic E-state index is 14.1. The Balaban J connectivity index is 1.28. The number of amides is 2. The van der Waals surface area contributed by atoms with Crippen molar-refractivity contribution in [3.05, 3.63) is 127 Å². The van der Waals surface area contributed by atoms with Gasteiger partial charge in [0.1, 0.15) is 42.0 Å². The zero-order valence-corrected chi connectivity index (χ0v) is 40.2. The Morgan fingerprint density at radius 2 is 1.06 bits per heavy atom. The van der Waals surface area contributed by atoms with E-state index >= 15 is 0 Å². The molecule has 3 aliphatic heterocycles. The van der Waals surface area contributed by atoms with E-state index in [1.807, 2.05) is 60.7 Å². The molecular weight excluding hydrogens is 990 g/mol. The molecular formula is C47H46Cl4N2O16. The summed E-state index contributed by atoms with van der Waals surface area (Å²) in [5.74, 6) is -3.89. The van der Waals surface area contributed by atoms with Gasteiger partial charge in [0.05, 0.1) is 64.8 Å². The molecule has 2 saturated heterocycles. The number of nitrogens with one attached hydrogen (secondary N) is 1. The molecule has 3 aliphatic rings. The highest BCUT2D eigenvalue weighted by atomic mass is 35.5. The third kappa shape index (κ3) is 12.1. The van der Waals surface area contributed by atoms with Crippen molar-refractivity contribution < 1.29 is 76.4 Å². The maximum absolute atomic E-state index is 14.1. The van der Waals surface area contributed by atoms with Gasteiger partial charge in [-0.1, -0.05) is 107 Å². The Morgan fingerprint density at radius 1 is 0.609 bits per heavy atom. The van der Waals surface area contributed by atoms with Crippen molar-refractivity contribution in [1.29, 1.82) is 0 Å². The number of hydrogen-bond donors (Lipinski definition) is 2. The summed E-state index contributed by atoms with van der Waals surface area (Å²) in [5.41, 5.74) is 3.58. The highest BCUT2D eigenvalue weighted by Gasteiger charge is 2.57. The van der Waals surface area contributed by atoms with Crippen LogP contribution in [-0.4, -0.2) is 122 Å². The number of benzene rings is 4. The maximum Gasteiger partial charge on any atom is 0.303 e. The van der Waals surface area contributed by atoms with Gasteiger partial charge >= 0.3 is 17.9 Å². The van der Waals surface area contributed by atoms with Crippen LogP contribution in [0.15, 0.2) is 84.9 Å². The number of halogens is 4. The minimum Gasteiger partial charge on any atom is -0.497 e. The van der Waals surface area contributed by atoms with Crippen LogP contribution in [0.5, 0.6) is 11.5 Å². The molecule has 2 N–H and O–H groups in total. The molecule has 0 aliphatic carbocycles. The number of ether oxygens (including phenoxy) is 10. The van der Waals surface area contributed by atoms with Crippen LogP contribution in [0.2, 0.25) is 20.1 Å². The van der Waals surface area contributed by atoms with Crippen LogP contribution in [-0.2, 0) is 65.5 Å². The first-order chi connectivity index (χ1) is 33.1. The van der Waals surface area contributed by atoms with Crippen molar-refractivity contribution in [1.82, 2.24) is 10.4 Å². The Hall–Kier alpha value is -5.09. The summed E-state index contributed by atoms with van der Waals surface area (Å²) in [7, 11) is 1.48. The number of nitrogens with zero attached hydrogens (tertiary/aromatic N) is 1. The minimum absolute atomic E-state index is 0.0618. The van der Waals surface area contributed by atoms with Crippen LogP contribution in [0.25, 0.3) is 0 Å². The third-order valence-corrected chi connectivity index (χ3v) is 12.7. The number of hydrogen-bond acceptors (Lipinski definition) is 17. The Labute approximate surface area is 415 Å². The summed E-state index contributed by atoms with van der Waals surface area (Å²) in [4.78, 5) is 66.4. The first-order valence-corrected chi connectivity index (χ1v) is 22.8. The first-order valence-electron chi connectivity index (χ1n) is 21.3. The van der Waals surface area contributed by atoms with Crippen molar-refractivity contribution in [3.63, 3.8) is 0 Å². The normalized spacial score (nSPS) is 25.4. The molecule has 2 fully saturated rings. The number of fused-ring (bicyclic) bond motifs is 1. The molecule has 3 heterocycles. The van der Waals surface area contributed by atoms with Crippen LogP contribution in [0, 0.1) is 0 Å². The number of imide groups is 1. The van der Waals surface area contributed by atoms with Gasteiger partial charge in [-0.3, -0.25) is 24.0 Å². The van der Waals surface area contributed by atoms with E-state index < -0.39 is 91.1 Å². The summed E-state index contributed by atoms with van der Waals surface area (Å²) in [5, 5.41) is 12.0. The second kappa shape index (κ2) is 23.2.